The average Bonchev–Trinajstić information content (AvgIpc) is 2.16. The molecule has 0 saturated carbocycles. The summed E-state index contributed by atoms with van der Waals surface area (Å²) < 4.78 is 0. The van der Waals surface area contributed by atoms with Crippen LogP contribution in [0.25, 0.3) is 0 Å². The standard InChI is InChI=1S/C8H8ClNO3/c9-5-8(11)6-3-1-2-4-7(6)10(12)13/h1-4,8,11H,5H2/t8-/m0/s1. The molecule has 0 heterocycles. The first-order valence-corrected chi connectivity index (χ1v) is 4.17. The summed E-state index contributed by atoms with van der Waals surface area (Å²) in [6.45, 7) is 0. The second-order valence-corrected chi connectivity index (χ2v) is 2.79. The molecule has 0 aromatic heterocycles. The number of aliphatic hydroxyl groups excluding tert-OH is 1. The lowest BCUT2D eigenvalue weighted by atomic mass is 10.1. The lowest BCUT2D eigenvalue weighted by Crippen LogP contribution is -2.02. The Morgan fingerprint density at radius 2 is 2.15 bits per heavy atom. The predicted octanol–water partition coefficient (Wildman–Crippen LogP) is 1.87. The molecule has 0 amide bonds. The number of nitro benzene ring substituents is 1. The van der Waals surface area contributed by atoms with Crippen LogP contribution >= 0.6 is 11.6 Å². The van der Waals surface area contributed by atoms with E-state index in [-0.39, 0.29) is 17.1 Å². The number of benzene rings is 1. The van der Waals surface area contributed by atoms with Gasteiger partial charge in [0.05, 0.1) is 22.5 Å². The van der Waals surface area contributed by atoms with Gasteiger partial charge in [-0.1, -0.05) is 12.1 Å². The monoisotopic (exact) mass is 201 g/mol. The molecule has 5 heteroatoms. The molecule has 0 spiro atoms. The van der Waals surface area contributed by atoms with Crippen molar-refractivity contribution in [3.63, 3.8) is 0 Å². The van der Waals surface area contributed by atoms with Crippen molar-refractivity contribution in [1.29, 1.82) is 0 Å². The van der Waals surface area contributed by atoms with E-state index in [1.54, 1.807) is 12.1 Å². The smallest absolute Gasteiger partial charge is 0.275 e. The van der Waals surface area contributed by atoms with Gasteiger partial charge in [-0.3, -0.25) is 10.1 Å². The summed E-state index contributed by atoms with van der Waals surface area (Å²) in [6.07, 6.45) is -0.983. The van der Waals surface area contributed by atoms with Crippen molar-refractivity contribution < 1.29 is 10.0 Å². The van der Waals surface area contributed by atoms with E-state index in [2.05, 4.69) is 0 Å². The third-order valence-corrected chi connectivity index (χ3v) is 1.93. The van der Waals surface area contributed by atoms with E-state index in [0.717, 1.165) is 0 Å². The zero-order valence-electron chi connectivity index (χ0n) is 6.68. The maximum Gasteiger partial charge on any atom is 0.275 e. The topological polar surface area (TPSA) is 63.4 Å². The number of nitrogens with zero attached hydrogens (tertiary/aromatic N) is 1. The van der Waals surface area contributed by atoms with Crippen LogP contribution in [-0.4, -0.2) is 15.9 Å². The highest BCUT2D eigenvalue weighted by Crippen LogP contribution is 2.24. The summed E-state index contributed by atoms with van der Waals surface area (Å²) in [7, 11) is 0. The zero-order chi connectivity index (χ0) is 9.84. The van der Waals surface area contributed by atoms with Crippen LogP contribution in [0.15, 0.2) is 24.3 Å². The van der Waals surface area contributed by atoms with Crippen molar-refractivity contribution in [2.24, 2.45) is 0 Å². The largest absolute Gasteiger partial charge is 0.387 e. The predicted molar refractivity (Wildman–Crippen MR) is 48.8 cm³/mol. The summed E-state index contributed by atoms with van der Waals surface area (Å²) in [5.74, 6) is -0.0507. The Labute approximate surface area is 79.9 Å². The van der Waals surface area contributed by atoms with Gasteiger partial charge in [0.25, 0.3) is 5.69 Å². The van der Waals surface area contributed by atoms with Crippen LogP contribution in [0, 0.1) is 10.1 Å². The molecule has 1 aromatic carbocycles. The minimum Gasteiger partial charge on any atom is -0.387 e. The first kappa shape index (κ1) is 9.95. The Hall–Kier alpha value is -1.13. The molecule has 0 fully saturated rings. The quantitative estimate of drug-likeness (QED) is 0.461. The molecule has 0 aliphatic rings. The zero-order valence-corrected chi connectivity index (χ0v) is 7.44. The molecular weight excluding hydrogens is 194 g/mol. The van der Waals surface area contributed by atoms with E-state index < -0.39 is 11.0 Å². The first-order chi connectivity index (χ1) is 6.16. The normalized spacial score (nSPS) is 12.5. The van der Waals surface area contributed by atoms with Crippen molar-refractivity contribution in [3.8, 4) is 0 Å². The van der Waals surface area contributed by atoms with Crippen LogP contribution < -0.4 is 0 Å². The molecule has 13 heavy (non-hydrogen) atoms. The van der Waals surface area contributed by atoms with Gasteiger partial charge in [0.15, 0.2) is 0 Å². The Morgan fingerprint density at radius 3 is 2.69 bits per heavy atom. The van der Waals surface area contributed by atoms with Gasteiger partial charge in [-0.15, -0.1) is 11.6 Å². The molecule has 0 unspecified atom stereocenters. The molecule has 0 saturated heterocycles. The van der Waals surface area contributed by atoms with Crippen LogP contribution in [0.2, 0.25) is 0 Å². The van der Waals surface area contributed by atoms with Crippen LogP contribution in [-0.2, 0) is 0 Å². The molecule has 70 valence electrons. The van der Waals surface area contributed by atoms with E-state index in [1.165, 1.54) is 12.1 Å². The minimum atomic E-state index is -0.983. The van der Waals surface area contributed by atoms with E-state index in [9.17, 15) is 15.2 Å². The van der Waals surface area contributed by atoms with Crippen molar-refractivity contribution in [3.05, 3.63) is 39.9 Å². The fourth-order valence-electron chi connectivity index (χ4n) is 1.02. The number of halogens is 1. The second-order valence-electron chi connectivity index (χ2n) is 2.49. The van der Waals surface area contributed by atoms with Crippen molar-refractivity contribution in [2.75, 3.05) is 5.88 Å². The van der Waals surface area contributed by atoms with Gasteiger partial charge >= 0.3 is 0 Å². The number of aliphatic hydroxyl groups is 1. The minimum absolute atomic E-state index is 0.0507. The van der Waals surface area contributed by atoms with Gasteiger partial charge in [0.2, 0.25) is 0 Å². The van der Waals surface area contributed by atoms with Gasteiger partial charge in [-0.2, -0.15) is 0 Å². The van der Waals surface area contributed by atoms with E-state index in [1.807, 2.05) is 0 Å². The Morgan fingerprint density at radius 1 is 1.54 bits per heavy atom. The number of alkyl halides is 1. The molecular formula is C8H8ClNO3. The fraction of sp³-hybridized carbons (Fsp3) is 0.250. The number of para-hydroxylation sites is 1. The lowest BCUT2D eigenvalue weighted by Gasteiger charge is -2.06. The molecule has 1 atom stereocenters. The van der Waals surface area contributed by atoms with Crippen molar-refractivity contribution in [1.82, 2.24) is 0 Å². The number of hydrogen-bond donors (Lipinski definition) is 1. The number of nitro groups is 1. The van der Waals surface area contributed by atoms with Crippen LogP contribution in [0.4, 0.5) is 5.69 Å². The molecule has 1 aromatic rings. The van der Waals surface area contributed by atoms with Crippen LogP contribution in [0.1, 0.15) is 11.7 Å². The Bertz CT molecular complexity index is 316. The summed E-state index contributed by atoms with van der Waals surface area (Å²) in [5, 5.41) is 19.8. The van der Waals surface area contributed by atoms with Crippen molar-refractivity contribution >= 4 is 17.3 Å². The number of hydrogen-bond acceptors (Lipinski definition) is 3. The van der Waals surface area contributed by atoms with Gasteiger partial charge in [-0.25, -0.2) is 0 Å². The van der Waals surface area contributed by atoms with Crippen LogP contribution in [0.5, 0.6) is 0 Å². The van der Waals surface area contributed by atoms with Gasteiger partial charge in [-0.05, 0) is 6.07 Å². The van der Waals surface area contributed by atoms with Gasteiger partial charge in [0, 0.05) is 6.07 Å². The summed E-state index contributed by atoms with van der Waals surface area (Å²) in [4.78, 5) is 9.96. The summed E-state index contributed by atoms with van der Waals surface area (Å²) in [6, 6.07) is 6.00. The first-order valence-electron chi connectivity index (χ1n) is 3.64. The molecule has 0 aliphatic heterocycles. The van der Waals surface area contributed by atoms with Gasteiger partial charge in [0.1, 0.15) is 0 Å². The lowest BCUT2D eigenvalue weighted by molar-refractivity contribution is -0.386. The van der Waals surface area contributed by atoms with E-state index in [4.69, 9.17) is 11.6 Å². The summed E-state index contributed by atoms with van der Waals surface area (Å²) >= 11 is 5.39. The highest BCUT2D eigenvalue weighted by Gasteiger charge is 2.18. The molecule has 4 nitrogen and oxygen atoms in total. The molecule has 0 radical (unpaired) electrons. The van der Waals surface area contributed by atoms with E-state index in [0.29, 0.717) is 0 Å². The van der Waals surface area contributed by atoms with Gasteiger partial charge < -0.3 is 5.11 Å². The third kappa shape index (κ3) is 2.17. The highest BCUT2D eigenvalue weighted by molar-refractivity contribution is 6.18. The maximum atomic E-state index is 10.5. The van der Waals surface area contributed by atoms with Crippen molar-refractivity contribution in [2.45, 2.75) is 6.10 Å². The molecule has 1 N–H and O–H groups in total. The number of rotatable bonds is 3. The molecule has 1 rings (SSSR count). The SMILES string of the molecule is O=[N+]([O-])c1ccccc1[C@@H](O)CCl. The molecule has 0 aliphatic carbocycles. The highest BCUT2D eigenvalue weighted by atomic mass is 35.5. The van der Waals surface area contributed by atoms with Crippen LogP contribution in [0.3, 0.4) is 0 Å². The summed E-state index contributed by atoms with van der Waals surface area (Å²) in [5.41, 5.74) is 0.151. The Kier molecular flexibility index (Phi) is 3.22. The average molecular weight is 202 g/mol. The third-order valence-electron chi connectivity index (χ3n) is 1.64. The second kappa shape index (κ2) is 4.20. The van der Waals surface area contributed by atoms with E-state index >= 15 is 0 Å². The maximum absolute atomic E-state index is 10.5. The fourth-order valence-corrected chi connectivity index (χ4v) is 1.18. The molecule has 0 bridgehead atoms. The Balaban J connectivity index is 3.11.